The molecule has 0 aliphatic carbocycles. The van der Waals surface area contributed by atoms with Crippen molar-refractivity contribution < 1.29 is 18.7 Å². The van der Waals surface area contributed by atoms with E-state index >= 15 is 0 Å². The van der Waals surface area contributed by atoms with Gasteiger partial charge in [0, 0.05) is 12.8 Å². The van der Waals surface area contributed by atoms with Crippen LogP contribution >= 0.6 is 0 Å². The summed E-state index contributed by atoms with van der Waals surface area (Å²) in [5.41, 5.74) is 3.55. The highest BCUT2D eigenvalue weighted by Gasteiger charge is 2.34. The second-order valence-electron chi connectivity index (χ2n) is 6.54. The van der Waals surface area contributed by atoms with Gasteiger partial charge in [-0.3, -0.25) is 4.57 Å². The fraction of sp³-hybridized carbons (Fsp3) is 0.238. The van der Waals surface area contributed by atoms with Crippen LogP contribution < -0.4 is 5.32 Å². The Labute approximate surface area is 161 Å². The normalized spacial score (nSPS) is 16.0. The second-order valence-corrected chi connectivity index (χ2v) is 6.54. The fourth-order valence-electron chi connectivity index (χ4n) is 3.48. The van der Waals surface area contributed by atoms with Crippen molar-refractivity contribution >= 4 is 23.0 Å². The lowest BCUT2D eigenvalue weighted by atomic mass is 9.95. The molecule has 1 unspecified atom stereocenters. The summed E-state index contributed by atoms with van der Waals surface area (Å²) in [7, 11) is 1.55. The van der Waals surface area contributed by atoms with Crippen LogP contribution in [0.1, 0.15) is 18.5 Å². The molecule has 0 saturated heterocycles. The highest BCUT2D eigenvalue weighted by Crippen LogP contribution is 2.39. The van der Waals surface area contributed by atoms with E-state index in [1.165, 1.54) is 12.1 Å². The first-order chi connectivity index (χ1) is 13.6. The maximum atomic E-state index is 13.5. The number of anilines is 1. The minimum Gasteiger partial charge on any atom is -0.460 e. The highest BCUT2D eigenvalue weighted by molar-refractivity contribution is 5.94. The van der Waals surface area contributed by atoms with E-state index in [0.717, 1.165) is 16.6 Å². The van der Waals surface area contributed by atoms with Crippen LogP contribution in [0.4, 0.5) is 10.3 Å². The molecule has 2 heterocycles. The van der Waals surface area contributed by atoms with Crippen LogP contribution in [-0.4, -0.2) is 35.8 Å². The minimum absolute atomic E-state index is 0.153. The molecule has 28 heavy (non-hydrogen) atoms. The van der Waals surface area contributed by atoms with Crippen LogP contribution in [0, 0.1) is 5.82 Å². The smallest absolute Gasteiger partial charge is 0.338 e. The average Bonchev–Trinajstić information content (AvgIpc) is 3.05. The van der Waals surface area contributed by atoms with Gasteiger partial charge < -0.3 is 14.8 Å². The van der Waals surface area contributed by atoms with Crippen LogP contribution in [0.25, 0.3) is 11.0 Å². The number of allylic oxidation sites excluding steroid dienone is 1. The largest absolute Gasteiger partial charge is 0.460 e. The number of hydrogen-bond acceptors (Lipinski definition) is 5. The highest BCUT2D eigenvalue weighted by atomic mass is 19.1. The third kappa shape index (κ3) is 3.14. The van der Waals surface area contributed by atoms with Gasteiger partial charge in [-0.25, -0.2) is 14.2 Å². The predicted molar refractivity (Wildman–Crippen MR) is 103 cm³/mol. The van der Waals surface area contributed by atoms with E-state index in [1.54, 1.807) is 19.2 Å². The topological polar surface area (TPSA) is 65.4 Å². The van der Waals surface area contributed by atoms with E-state index in [9.17, 15) is 9.18 Å². The van der Waals surface area contributed by atoms with Gasteiger partial charge in [-0.1, -0.05) is 24.3 Å². The van der Waals surface area contributed by atoms with Gasteiger partial charge in [0.05, 0.1) is 29.3 Å². The number of carbonyl (C=O) groups is 1. The molecule has 0 bridgehead atoms. The Balaban J connectivity index is 1.86. The summed E-state index contributed by atoms with van der Waals surface area (Å²) in [6.07, 6.45) is 0. The van der Waals surface area contributed by atoms with E-state index in [0.29, 0.717) is 23.8 Å². The van der Waals surface area contributed by atoms with Crippen molar-refractivity contribution in [2.45, 2.75) is 13.0 Å². The molecule has 0 fully saturated rings. The number of imidazole rings is 1. The molecule has 1 aliphatic rings. The number of para-hydroxylation sites is 2. The quantitative estimate of drug-likeness (QED) is 0.540. The number of fused-ring (bicyclic) bond motifs is 3. The van der Waals surface area contributed by atoms with E-state index in [1.807, 2.05) is 35.8 Å². The van der Waals surface area contributed by atoms with Crippen molar-refractivity contribution in [3.05, 3.63) is 71.2 Å². The maximum absolute atomic E-state index is 13.5. The predicted octanol–water partition coefficient (Wildman–Crippen LogP) is 3.65. The molecule has 144 valence electrons. The summed E-state index contributed by atoms with van der Waals surface area (Å²) in [4.78, 5) is 17.6. The van der Waals surface area contributed by atoms with Gasteiger partial charge in [0.25, 0.3) is 0 Å². The summed E-state index contributed by atoms with van der Waals surface area (Å²) in [6, 6.07) is 13.3. The zero-order chi connectivity index (χ0) is 19.7. The summed E-state index contributed by atoms with van der Waals surface area (Å²) in [5.74, 6) is -0.153. The molecule has 0 saturated carbocycles. The van der Waals surface area contributed by atoms with Crippen molar-refractivity contribution in [1.29, 1.82) is 0 Å². The number of nitrogens with zero attached hydrogens (tertiary/aromatic N) is 2. The summed E-state index contributed by atoms with van der Waals surface area (Å²) >= 11 is 0. The molecule has 3 aromatic rings. The molecule has 1 aromatic heterocycles. The standard InChI is InChI=1S/C21H20FN3O3/c1-13-18(20(26)28-12-11-27-2)19(14-7-9-15(22)10-8-14)25-17-6-4-3-5-16(17)24-21(25)23-13/h3-10,19H,11-12H2,1-2H3,(H,23,24). The zero-order valence-electron chi connectivity index (χ0n) is 15.6. The number of nitrogens with one attached hydrogen (secondary N) is 1. The number of methoxy groups -OCH3 is 1. The molecular weight excluding hydrogens is 361 g/mol. The van der Waals surface area contributed by atoms with Gasteiger partial charge in [-0.05, 0) is 36.8 Å². The number of halogens is 1. The molecule has 1 atom stereocenters. The van der Waals surface area contributed by atoms with E-state index in [4.69, 9.17) is 9.47 Å². The first-order valence-electron chi connectivity index (χ1n) is 8.96. The molecule has 1 aliphatic heterocycles. The van der Waals surface area contributed by atoms with Gasteiger partial charge in [-0.15, -0.1) is 0 Å². The lowest BCUT2D eigenvalue weighted by Crippen LogP contribution is -2.29. The third-order valence-electron chi connectivity index (χ3n) is 4.76. The van der Waals surface area contributed by atoms with Gasteiger partial charge >= 0.3 is 5.97 Å². The van der Waals surface area contributed by atoms with Gasteiger partial charge in [-0.2, -0.15) is 0 Å². The Morgan fingerprint density at radius 3 is 2.68 bits per heavy atom. The Hall–Kier alpha value is -3.19. The number of hydrogen-bond donors (Lipinski definition) is 1. The van der Waals surface area contributed by atoms with Gasteiger partial charge in [0.1, 0.15) is 12.4 Å². The first kappa shape index (κ1) is 18.2. The Morgan fingerprint density at radius 2 is 1.93 bits per heavy atom. The lowest BCUT2D eigenvalue weighted by Gasteiger charge is -2.30. The molecule has 4 rings (SSSR count). The van der Waals surface area contributed by atoms with Crippen molar-refractivity contribution in [3.63, 3.8) is 0 Å². The third-order valence-corrected chi connectivity index (χ3v) is 4.76. The van der Waals surface area contributed by atoms with Crippen LogP contribution in [0.5, 0.6) is 0 Å². The van der Waals surface area contributed by atoms with Crippen LogP contribution in [0.15, 0.2) is 59.8 Å². The van der Waals surface area contributed by atoms with Crippen molar-refractivity contribution in [2.24, 2.45) is 0 Å². The molecule has 2 aromatic carbocycles. The number of benzene rings is 2. The summed E-state index contributed by atoms with van der Waals surface area (Å²) in [6.45, 7) is 2.28. The summed E-state index contributed by atoms with van der Waals surface area (Å²) in [5, 5.41) is 3.21. The molecule has 7 heteroatoms. The number of esters is 1. The number of rotatable bonds is 5. The monoisotopic (exact) mass is 381 g/mol. The first-order valence-corrected chi connectivity index (χ1v) is 8.96. The zero-order valence-corrected chi connectivity index (χ0v) is 15.6. The molecule has 0 spiro atoms. The van der Waals surface area contributed by atoms with Crippen molar-refractivity contribution in [2.75, 3.05) is 25.6 Å². The van der Waals surface area contributed by atoms with E-state index in [2.05, 4.69) is 10.3 Å². The SMILES string of the molecule is COCCOC(=O)C1=C(C)Nc2nc3ccccc3n2C1c1ccc(F)cc1. The second kappa shape index (κ2) is 7.44. The average molecular weight is 381 g/mol. The van der Waals surface area contributed by atoms with Crippen molar-refractivity contribution in [1.82, 2.24) is 9.55 Å². The lowest BCUT2D eigenvalue weighted by molar-refractivity contribution is -0.140. The molecule has 1 N–H and O–H groups in total. The number of ether oxygens (including phenoxy) is 2. The Kier molecular flexibility index (Phi) is 4.83. The van der Waals surface area contributed by atoms with Gasteiger partial charge in [0.2, 0.25) is 5.95 Å². The fourth-order valence-corrected chi connectivity index (χ4v) is 3.48. The van der Waals surface area contributed by atoms with Crippen LogP contribution in [0.3, 0.4) is 0 Å². The molecule has 6 nitrogen and oxygen atoms in total. The minimum atomic E-state index is -0.487. The van der Waals surface area contributed by atoms with E-state index in [-0.39, 0.29) is 12.4 Å². The van der Waals surface area contributed by atoms with Crippen LogP contribution in [0.2, 0.25) is 0 Å². The Bertz CT molecular complexity index is 1060. The van der Waals surface area contributed by atoms with Gasteiger partial charge in [0.15, 0.2) is 0 Å². The Morgan fingerprint density at radius 1 is 1.18 bits per heavy atom. The number of carbonyl (C=O) groups excluding carboxylic acids is 1. The maximum Gasteiger partial charge on any atom is 0.338 e. The van der Waals surface area contributed by atoms with E-state index < -0.39 is 12.0 Å². The molecule has 0 amide bonds. The molecule has 0 radical (unpaired) electrons. The number of aromatic nitrogens is 2. The van der Waals surface area contributed by atoms with Crippen LogP contribution in [-0.2, 0) is 14.3 Å². The molecular formula is C21H20FN3O3. The van der Waals surface area contributed by atoms with Crippen molar-refractivity contribution in [3.8, 4) is 0 Å². The summed E-state index contributed by atoms with van der Waals surface area (Å²) < 4.78 is 25.8.